The Labute approximate surface area is 171 Å². The minimum Gasteiger partial charge on any atom is -0.465 e. The van der Waals surface area contributed by atoms with Gasteiger partial charge < -0.3 is 24.6 Å². The van der Waals surface area contributed by atoms with E-state index in [9.17, 15) is 9.59 Å². The number of nitrogens with one attached hydrogen (secondary N) is 2. The second-order valence-electron chi connectivity index (χ2n) is 7.19. The van der Waals surface area contributed by atoms with Crippen LogP contribution in [0.25, 0.3) is 0 Å². The second-order valence-corrected chi connectivity index (χ2v) is 7.19. The maximum absolute atomic E-state index is 12.4. The summed E-state index contributed by atoms with van der Waals surface area (Å²) in [7, 11) is 3.33. The third-order valence-electron chi connectivity index (χ3n) is 4.87. The molecule has 1 unspecified atom stereocenters. The fraction of sp³-hybridized carbons (Fsp3) is 0.364. The molecule has 1 aliphatic rings. The number of carbonyl (C=O) groups is 2. The van der Waals surface area contributed by atoms with Crippen molar-refractivity contribution in [1.29, 1.82) is 0 Å². The predicted molar refractivity (Wildman–Crippen MR) is 111 cm³/mol. The smallest absolute Gasteiger partial charge is 0.337 e. The van der Waals surface area contributed by atoms with Crippen molar-refractivity contribution < 1.29 is 24.0 Å². The molecule has 1 fully saturated rings. The monoisotopic (exact) mass is 398 g/mol. The molecule has 0 saturated carbocycles. The lowest BCUT2D eigenvalue weighted by atomic mass is 10.1. The van der Waals surface area contributed by atoms with Gasteiger partial charge in [0, 0.05) is 30.0 Å². The highest BCUT2D eigenvalue weighted by Gasteiger charge is 2.13. The quantitative estimate of drug-likeness (QED) is 0.680. The van der Waals surface area contributed by atoms with Crippen molar-refractivity contribution in [2.45, 2.75) is 6.54 Å². The van der Waals surface area contributed by atoms with E-state index in [-0.39, 0.29) is 11.9 Å². The number of likely N-dealkylation sites (N-methyl/N-ethyl adjacent to an activating group) is 1. The lowest BCUT2D eigenvalue weighted by Gasteiger charge is -2.28. The molecule has 1 amide bonds. The minimum absolute atomic E-state index is 0.0344. The summed E-state index contributed by atoms with van der Waals surface area (Å²) in [6.45, 7) is 4.31. The average Bonchev–Trinajstić information content (AvgIpc) is 2.74. The molecule has 0 bridgehead atoms. The number of hydrogen-bond donors (Lipinski definition) is 2. The Bertz CT molecular complexity index is 815. The summed E-state index contributed by atoms with van der Waals surface area (Å²) in [6.07, 6.45) is 0. The summed E-state index contributed by atoms with van der Waals surface area (Å²) >= 11 is 0. The highest BCUT2D eigenvalue weighted by atomic mass is 16.5. The molecule has 7 nitrogen and oxygen atoms in total. The molecular weight excluding hydrogens is 370 g/mol. The molecule has 1 aliphatic heterocycles. The van der Waals surface area contributed by atoms with Crippen LogP contribution in [0, 0.1) is 0 Å². The van der Waals surface area contributed by atoms with E-state index >= 15 is 0 Å². The van der Waals surface area contributed by atoms with Crippen LogP contribution in [-0.4, -0.2) is 58.9 Å². The summed E-state index contributed by atoms with van der Waals surface area (Å²) in [4.78, 5) is 27.2. The van der Waals surface area contributed by atoms with Crippen LogP contribution in [-0.2, 0) is 20.8 Å². The lowest BCUT2D eigenvalue weighted by molar-refractivity contribution is -0.885. The van der Waals surface area contributed by atoms with Gasteiger partial charge in [-0.15, -0.1) is 0 Å². The van der Waals surface area contributed by atoms with E-state index < -0.39 is 0 Å². The molecule has 1 heterocycles. The number of nitrogens with zero attached hydrogens (tertiary/aromatic N) is 1. The van der Waals surface area contributed by atoms with Crippen LogP contribution in [0.3, 0.4) is 0 Å². The standard InChI is InChI=1S/C22H27N3O4/c1-24(15-17-3-5-18(6-4-17)22(27)28-2)16-21(26)23-19-7-9-20(10-8-19)25-11-13-29-14-12-25/h3-10H,11-16H2,1-2H3,(H,23,26)/p+1. The fourth-order valence-corrected chi connectivity index (χ4v) is 3.34. The molecule has 0 radical (unpaired) electrons. The maximum atomic E-state index is 12.4. The first kappa shape index (κ1) is 20.8. The van der Waals surface area contributed by atoms with Crippen molar-refractivity contribution >= 4 is 23.3 Å². The molecule has 154 valence electrons. The topological polar surface area (TPSA) is 72.3 Å². The van der Waals surface area contributed by atoms with Gasteiger partial charge in [-0.25, -0.2) is 4.79 Å². The van der Waals surface area contributed by atoms with Crippen LogP contribution in [0.1, 0.15) is 15.9 Å². The molecule has 1 atom stereocenters. The van der Waals surface area contributed by atoms with Crippen molar-refractivity contribution in [3.63, 3.8) is 0 Å². The summed E-state index contributed by atoms with van der Waals surface area (Å²) in [5, 5.41) is 2.96. The Hall–Kier alpha value is -2.90. The van der Waals surface area contributed by atoms with Gasteiger partial charge in [0.2, 0.25) is 0 Å². The van der Waals surface area contributed by atoms with E-state index in [1.807, 2.05) is 43.4 Å². The van der Waals surface area contributed by atoms with Gasteiger partial charge in [0.05, 0.1) is 32.9 Å². The number of hydrogen-bond acceptors (Lipinski definition) is 5. The van der Waals surface area contributed by atoms with Gasteiger partial charge in [0.15, 0.2) is 6.54 Å². The summed E-state index contributed by atoms with van der Waals surface area (Å²) in [6, 6.07) is 15.2. The molecule has 1 saturated heterocycles. The van der Waals surface area contributed by atoms with Crippen molar-refractivity contribution in [3.05, 3.63) is 59.7 Å². The molecule has 2 aromatic carbocycles. The number of methoxy groups -OCH3 is 1. The number of amides is 1. The van der Waals surface area contributed by atoms with Gasteiger partial charge in [0.1, 0.15) is 6.54 Å². The van der Waals surface area contributed by atoms with Crippen LogP contribution < -0.4 is 15.1 Å². The predicted octanol–water partition coefficient (Wildman–Crippen LogP) is 0.963. The number of rotatable bonds is 7. The van der Waals surface area contributed by atoms with Gasteiger partial charge in [-0.2, -0.15) is 0 Å². The van der Waals surface area contributed by atoms with Gasteiger partial charge in [-0.1, -0.05) is 12.1 Å². The van der Waals surface area contributed by atoms with Crippen molar-refractivity contribution in [3.8, 4) is 0 Å². The molecule has 0 spiro atoms. The Morgan fingerprint density at radius 2 is 1.72 bits per heavy atom. The molecular formula is C22H28N3O4+. The first-order valence-corrected chi connectivity index (χ1v) is 9.76. The normalized spacial score (nSPS) is 14.9. The van der Waals surface area contributed by atoms with Crippen LogP contribution in [0.2, 0.25) is 0 Å². The third-order valence-corrected chi connectivity index (χ3v) is 4.87. The molecule has 2 N–H and O–H groups in total. The number of morpholine rings is 1. The van der Waals surface area contributed by atoms with Crippen LogP contribution >= 0.6 is 0 Å². The molecule has 0 aromatic heterocycles. The van der Waals surface area contributed by atoms with Gasteiger partial charge >= 0.3 is 5.97 Å². The Morgan fingerprint density at radius 3 is 2.34 bits per heavy atom. The largest absolute Gasteiger partial charge is 0.465 e. The van der Waals surface area contributed by atoms with E-state index in [0.29, 0.717) is 18.7 Å². The number of quaternary nitrogens is 1. The van der Waals surface area contributed by atoms with Crippen LogP contribution in [0.4, 0.5) is 11.4 Å². The minimum atomic E-state index is -0.351. The van der Waals surface area contributed by atoms with Crippen molar-refractivity contribution in [2.75, 3.05) is 57.2 Å². The number of carbonyl (C=O) groups excluding carboxylic acids is 2. The molecule has 7 heteroatoms. The first-order chi connectivity index (χ1) is 14.0. The summed E-state index contributed by atoms with van der Waals surface area (Å²) in [5.74, 6) is -0.385. The molecule has 2 aromatic rings. The third kappa shape index (κ3) is 6.04. The van der Waals surface area contributed by atoms with Crippen LogP contribution in [0.5, 0.6) is 0 Å². The van der Waals surface area contributed by atoms with E-state index in [4.69, 9.17) is 9.47 Å². The number of benzene rings is 2. The highest BCUT2D eigenvalue weighted by Crippen LogP contribution is 2.18. The van der Waals surface area contributed by atoms with E-state index in [1.54, 1.807) is 12.1 Å². The lowest BCUT2D eigenvalue weighted by Crippen LogP contribution is -3.08. The van der Waals surface area contributed by atoms with Crippen molar-refractivity contribution in [1.82, 2.24) is 0 Å². The van der Waals surface area contributed by atoms with Crippen molar-refractivity contribution in [2.24, 2.45) is 0 Å². The number of anilines is 2. The van der Waals surface area contributed by atoms with Gasteiger partial charge in [-0.05, 0) is 36.4 Å². The Morgan fingerprint density at radius 1 is 1.07 bits per heavy atom. The van der Waals surface area contributed by atoms with E-state index in [0.717, 1.165) is 48.1 Å². The van der Waals surface area contributed by atoms with Gasteiger partial charge in [0.25, 0.3) is 5.91 Å². The van der Waals surface area contributed by atoms with E-state index in [2.05, 4.69) is 10.2 Å². The molecule has 29 heavy (non-hydrogen) atoms. The molecule has 3 rings (SSSR count). The number of esters is 1. The van der Waals surface area contributed by atoms with Gasteiger partial charge in [-0.3, -0.25) is 4.79 Å². The zero-order valence-electron chi connectivity index (χ0n) is 16.9. The zero-order chi connectivity index (χ0) is 20.6. The van der Waals surface area contributed by atoms with E-state index in [1.165, 1.54) is 7.11 Å². The first-order valence-electron chi connectivity index (χ1n) is 9.76. The number of ether oxygens (including phenoxy) is 2. The summed E-state index contributed by atoms with van der Waals surface area (Å²) in [5.41, 5.74) is 3.51. The average molecular weight is 398 g/mol. The fourth-order valence-electron chi connectivity index (χ4n) is 3.34. The Balaban J connectivity index is 1.47. The maximum Gasteiger partial charge on any atom is 0.337 e. The zero-order valence-corrected chi connectivity index (χ0v) is 16.9. The van der Waals surface area contributed by atoms with Crippen LogP contribution in [0.15, 0.2) is 48.5 Å². The SMILES string of the molecule is COC(=O)c1ccc(C[NH+](C)CC(=O)Nc2ccc(N3CCOCC3)cc2)cc1. The highest BCUT2D eigenvalue weighted by molar-refractivity contribution is 5.91. The second kappa shape index (κ2) is 10.0. The molecule has 0 aliphatic carbocycles. The Kier molecular flexibility index (Phi) is 7.21. The summed E-state index contributed by atoms with van der Waals surface area (Å²) < 4.78 is 10.1.